The van der Waals surface area contributed by atoms with Gasteiger partial charge in [0.1, 0.15) is 28.8 Å². The van der Waals surface area contributed by atoms with Crippen LogP contribution in [0.4, 0.5) is 0 Å². The van der Waals surface area contributed by atoms with E-state index in [-0.39, 0.29) is 17.2 Å². The van der Waals surface area contributed by atoms with Gasteiger partial charge in [-0.3, -0.25) is 4.57 Å². The second kappa shape index (κ2) is 5.17. The third-order valence-corrected chi connectivity index (χ3v) is 5.18. The van der Waals surface area contributed by atoms with E-state index in [1.54, 1.807) is 0 Å². The highest BCUT2D eigenvalue weighted by Crippen LogP contribution is 2.65. The Labute approximate surface area is 115 Å². The molecule has 1 aliphatic heterocycles. The largest absolute Gasteiger partial charge is 0.508 e. The second-order valence-electron chi connectivity index (χ2n) is 4.02. The Balaban J connectivity index is 2.72. The Morgan fingerprint density at radius 2 is 2.10 bits per heavy atom. The standard InChI is InChI=1S/C12H13N2O5P/c1-17-20(16,18-2)11-8-5-7(15)3-4-10(8)19-12(14)9(11)6-13/h3-5,11,15H,14H2,1-2H3. The van der Waals surface area contributed by atoms with Crippen LogP contribution in [-0.2, 0) is 13.6 Å². The van der Waals surface area contributed by atoms with Crippen molar-refractivity contribution < 1.29 is 23.5 Å². The highest BCUT2D eigenvalue weighted by atomic mass is 31.2. The molecule has 8 heteroatoms. The van der Waals surface area contributed by atoms with Gasteiger partial charge >= 0.3 is 7.60 Å². The van der Waals surface area contributed by atoms with Crippen molar-refractivity contribution in [2.24, 2.45) is 5.73 Å². The molecule has 1 atom stereocenters. The van der Waals surface area contributed by atoms with Gasteiger partial charge in [0.25, 0.3) is 0 Å². The maximum absolute atomic E-state index is 12.7. The predicted octanol–water partition coefficient (Wildman–Crippen LogP) is 2.01. The smallest absolute Gasteiger partial charge is 0.343 e. The molecule has 7 nitrogen and oxygen atoms in total. The fourth-order valence-corrected chi connectivity index (χ4v) is 3.65. The summed E-state index contributed by atoms with van der Waals surface area (Å²) in [5, 5.41) is 18.8. The summed E-state index contributed by atoms with van der Waals surface area (Å²) >= 11 is 0. The Hall–Kier alpha value is -2.00. The summed E-state index contributed by atoms with van der Waals surface area (Å²) in [4.78, 5) is 0. The highest BCUT2D eigenvalue weighted by molar-refractivity contribution is 7.54. The van der Waals surface area contributed by atoms with Crippen molar-refractivity contribution in [3.05, 3.63) is 35.2 Å². The molecule has 0 spiro atoms. The summed E-state index contributed by atoms with van der Waals surface area (Å²) in [5.41, 5.74) is 4.90. The Kier molecular flexibility index (Phi) is 3.73. The van der Waals surface area contributed by atoms with Crippen LogP contribution in [0.1, 0.15) is 11.2 Å². The van der Waals surface area contributed by atoms with E-state index in [0.29, 0.717) is 11.3 Å². The van der Waals surface area contributed by atoms with Gasteiger partial charge in [-0.1, -0.05) is 0 Å². The van der Waals surface area contributed by atoms with Crippen molar-refractivity contribution >= 4 is 7.60 Å². The van der Waals surface area contributed by atoms with Gasteiger partial charge in [0, 0.05) is 19.8 Å². The zero-order valence-electron chi connectivity index (χ0n) is 10.9. The number of aromatic hydroxyl groups is 1. The molecule has 0 saturated heterocycles. The fraction of sp³-hybridized carbons (Fsp3) is 0.250. The maximum Gasteiger partial charge on any atom is 0.343 e. The normalized spacial score (nSPS) is 18.1. The van der Waals surface area contributed by atoms with Crippen LogP contribution in [0.3, 0.4) is 0 Å². The van der Waals surface area contributed by atoms with E-state index in [0.717, 1.165) is 0 Å². The number of phenols is 1. The molecule has 20 heavy (non-hydrogen) atoms. The summed E-state index contributed by atoms with van der Waals surface area (Å²) in [6, 6.07) is 6.06. The van der Waals surface area contributed by atoms with Crippen molar-refractivity contribution in [3.63, 3.8) is 0 Å². The summed E-state index contributed by atoms with van der Waals surface area (Å²) in [7, 11) is -1.24. The number of phenolic OH excluding ortho intramolecular Hbond substituents is 1. The first-order valence-corrected chi connectivity index (χ1v) is 7.19. The number of rotatable bonds is 3. The van der Waals surface area contributed by atoms with Crippen LogP contribution in [0.15, 0.2) is 29.7 Å². The lowest BCUT2D eigenvalue weighted by Gasteiger charge is -2.29. The Morgan fingerprint density at radius 1 is 1.45 bits per heavy atom. The monoisotopic (exact) mass is 296 g/mol. The summed E-state index contributed by atoms with van der Waals surface area (Å²) in [5.74, 6) is 0.0671. The van der Waals surface area contributed by atoms with Gasteiger partial charge < -0.3 is 24.6 Å². The molecular weight excluding hydrogens is 283 g/mol. The lowest BCUT2D eigenvalue weighted by molar-refractivity contribution is 0.266. The highest BCUT2D eigenvalue weighted by Gasteiger charge is 2.44. The number of nitrogens with zero attached hydrogens (tertiary/aromatic N) is 1. The van der Waals surface area contributed by atoms with Gasteiger partial charge in [0.15, 0.2) is 0 Å². The quantitative estimate of drug-likeness (QED) is 0.819. The maximum atomic E-state index is 12.7. The van der Waals surface area contributed by atoms with Gasteiger partial charge in [0.05, 0.1) is 0 Å². The number of nitrogens with two attached hydrogens (primary N) is 1. The van der Waals surface area contributed by atoms with Gasteiger partial charge in [-0.15, -0.1) is 0 Å². The van der Waals surface area contributed by atoms with Crippen molar-refractivity contribution in [1.82, 2.24) is 0 Å². The topological polar surface area (TPSA) is 115 Å². The Bertz CT molecular complexity index is 656. The third kappa shape index (κ3) is 2.14. The average Bonchev–Trinajstić information content (AvgIpc) is 2.45. The molecule has 3 N–H and O–H groups in total. The molecule has 1 unspecified atom stereocenters. The molecule has 1 aromatic carbocycles. The average molecular weight is 296 g/mol. The minimum absolute atomic E-state index is 0.0601. The van der Waals surface area contributed by atoms with E-state index in [9.17, 15) is 14.9 Å². The van der Waals surface area contributed by atoms with E-state index in [1.165, 1.54) is 32.4 Å². The number of nitriles is 1. The summed E-state index contributed by atoms with van der Waals surface area (Å²) < 4.78 is 27.9. The van der Waals surface area contributed by atoms with Gasteiger partial charge in [0.2, 0.25) is 5.88 Å². The van der Waals surface area contributed by atoms with Crippen molar-refractivity contribution in [3.8, 4) is 17.6 Å². The van der Waals surface area contributed by atoms with Crippen LogP contribution in [0.2, 0.25) is 0 Å². The van der Waals surface area contributed by atoms with Crippen LogP contribution >= 0.6 is 7.60 Å². The van der Waals surface area contributed by atoms with Crippen LogP contribution < -0.4 is 10.5 Å². The van der Waals surface area contributed by atoms with E-state index in [1.807, 2.05) is 6.07 Å². The first kappa shape index (κ1) is 14.4. The number of fused-ring (bicyclic) bond motifs is 1. The van der Waals surface area contributed by atoms with E-state index in [2.05, 4.69) is 0 Å². The first-order valence-electron chi connectivity index (χ1n) is 5.58. The number of allylic oxidation sites excluding steroid dienone is 1. The molecule has 1 aliphatic rings. The molecule has 0 bridgehead atoms. The van der Waals surface area contributed by atoms with E-state index >= 15 is 0 Å². The fourth-order valence-electron chi connectivity index (χ4n) is 2.04. The number of hydrogen-bond acceptors (Lipinski definition) is 7. The molecule has 0 fully saturated rings. The predicted molar refractivity (Wildman–Crippen MR) is 69.9 cm³/mol. The molecular formula is C12H13N2O5P. The summed E-state index contributed by atoms with van der Waals surface area (Å²) in [6.45, 7) is 0. The molecule has 0 aromatic heterocycles. The molecule has 0 radical (unpaired) electrons. The molecule has 2 rings (SSSR count). The van der Waals surface area contributed by atoms with Crippen molar-refractivity contribution in [1.29, 1.82) is 5.26 Å². The van der Waals surface area contributed by atoms with Crippen molar-refractivity contribution in [2.75, 3.05) is 14.2 Å². The molecule has 1 heterocycles. The number of benzene rings is 1. The van der Waals surface area contributed by atoms with Crippen LogP contribution in [-0.4, -0.2) is 19.3 Å². The first-order chi connectivity index (χ1) is 9.46. The minimum Gasteiger partial charge on any atom is -0.508 e. The second-order valence-corrected chi connectivity index (χ2v) is 6.35. The molecule has 1 aromatic rings. The molecule has 0 saturated carbocycles. The number of hydrogen-bond donors (Lipinski definition) is 2. The third-order valence-electron chi connectivity index (χ3n) is 2.99. The zero-order chi connectivity index (χ0) is 14.9. The lowest BCUT2D eigenvalue weighted by Crippen LogP contribution is -2.21. The molecule has 0 aliphatic carbocycles. The lowest BCUT2D eigenvalue weighted by atomic mass is 10.0. The summed E-state index contributed by atoms with van der Waals surface area (Å²) in [6.07, 6.45) is 0. The SMILES string of the molecule is COP(=O)(OC)C1C(C#N)=C(N)Oc2ccc(O)cc21. The van der Waals surface area contributed by atoms with Crippen LogP contribution in [0.25, 0.3) is 0 Å². The zero-order valence-corrected chi connectivity index (χ0v) is 11.8. The van der Waals surface area contributed by atoms with Crippen molar-refractivity contribution in [2.45, 2.75) is 5.66 Å². The molecule has 106 valence electrons. The molecule has 0 amide bonds. The van der Waals surface area contributed by atoms with E-state index in [4.69, 9.17) is 19.5 Å². The van der Waals surface area contributed by atoms with Crippen LogP contribution in [0.5, 0.6) is 11.5 Å². The van der Waals surface area contributed by atoms with Gasteiger partial charge in [-0.25, -0.2) is 0 Å². The Morgan fingerprint density at radius 3 is 2.65 bits per heavy atom. The van der Waals surface area contributed by atoms with Crippen LogP contribution in [0, 0.1) is 11.3 Å². The van der Waals surface area contributed by atoms with Gasteiger partial charge in [-0.2, -0.15) is 5.26 Å². The van der Waals surface area contributed by atoms with E-state index < -0.39 is 13.3 Å². The number of ether oxygens (including phenoxy) is 1. The van der Waals surface area contributed by atoms with Gasteiger partial charge in [-0.05, 0) is 18.2 Å². The minimum atomic E-state index is -3.67.